The van der Waals surface area contributed by atoms with Gasteiger partial charge in [0.05, 0.1) is 6.54 Å². The SMILES string of the molecule is C#CCN(C(=O)c1ccccc1)[C@](N)(C(=O)O)C(C)C. The van der Waals surface area contributed by atoms with Crippen molar-refractivity contribution in [1.29, 1.82) is 0 Å². The summed E-state index contributed by atoms with van der Waals surface area (Å²) in [6.07, 6.45) is 5.25. The number of benzene rings is 1. The third-order valence-corrected chi connectivity index (χ3v) is 3.18. The Bertz CT molecular complexity index is 534. The fourth-order valence-electron chi connectivity index (χ4n) is 1.87. The van der Waals surface area contributed by atoms with Crippen LogP contribution in [0.5, 0.6) is 0 Å². The molecule has 106 valence electrons. The zero-order valence-corrected chi connectivity index (χ0v) is 11.5. The van der Waals surface area contributed by atoms with E-state index in [0.29, 0.717) is 5.56 Å². The average molecular weight is 274 g/mol. The van der Waals surface area contributed by atoms with E-state index < -0.39 is 23.5 Å². The van der Waals surface area contributed by atoms with Gasteiger partial charge in [0.1, 0.15) is 0 Å². The third kappa shape index (κ3) is 2.81. The predicted octanol–water partition coefficient (Wildman–Crippen LogP) is 1.16. The van der Waals surface area contributed by atoms with Crippen LogP contribution in [0.3, 0.4) is 0 Å². The maximum atomic E-state index is 12.5. The Hall–Kier alpha value is -2.32. The van der Waals surface area contributed by atoms with Gasteiger partial charge in [-0.1, -0.05) is 38.0 Å². The van der Waals surface area contributed by atoms with Gasteiger partial charge in [-0.3, -0.25) is 15.4 Å². The number of carboxylic acid groups (broad SMARTS) is 1. The first-order valence-electron chi connectivity index (χ1n) is 6.18. The van der Waals surface area contributed by atoms with Crippen LogP contribution in [0.15, 0.2) is 30.3 Å². The molecule has 0 radical (unpaired) electrons. The molecule has 0 fully saturated rings. The number of terminal acetylenes is 1. The van der Waals surface area contributed by atoms with Gasteiger partial charge < -0.3 is 5.11 Å². The quantitative estimate of drug-likeness (QED) is 0.623. The number of hydrogen-bond donors (Lipinski definition) is 2. The monoisotopic (exact) mass is 274 g/mol. The lowest BCUT2D eigenvalue weighted by Gasteiger charge is -2.39. The van der Waals surface area contributed by atoms with E-state index in [9.17, 15) is 14.7 Å². The molecule has 1 aromatic rings. The summed E-state index contributed by atoms with van der Waals surface area (Å²) in [6.45, 7) is 3.10. The molecule has 5 nitrogen and oxygen atoms in total. The minimum absolute atomic E-state index is 0.172. The molecule has 0 heterocycles. The van der Waals surface area contributed by atoms with E-state index in [4.69, 9.17) is 12.2 Å². The molecule has 0 bridgehead atoms. The number of carboxylic acids is 1. The lowest BCUT2D eigenvalue weighted by atomic mass is 9.94. The van der Waals surface area contributed by atoms with Crippen LogP contribution in [0, 0.1) is 18.3 Å². The Morgan fingerprint density at radius 2 is 1.95 bits per heavy atom. The van der Waals surface area contributed by atoms with E-state index in [1.54, 1.807) is 44.2 Å². The normalized spacial score (nSPS) is 13.3. The second kappa shape index (κ2) is 6.22. The summed E-state index contributed by atoms with van der Waals surface area (Å²) in [6, 6.07) is 8.33. The molecule has 0 aliphatic carbocycles. The minimum atomic E-state index is -1.85. The Kier molecular flexibility index (Phi) is 4.89. The number of hydrogen-bond acceptors (Lipinski definition) is 3. The van der Waals surface area contributed by atoms with Crippen LogP contribution in [0.25, 0.3) is 0 Å². The van der Waals surface area contributed by atoms with E-state index in [0.717, 1.165) is 4.90 Å². The van der Waals surface area contributed by atoms with Gasteiger partial charge in [0.15, 0.2) is 5.66 Å². The zero-order chi connectivity index (χ0) is 15.3. The number of nitrogens with two attached hydrogens (primary N) is 1. The molecule has 1 rings (SSSR count). The number of nitrogens with zero attached hydrogens (tertiary/aromatic N) is 1. The molecule has 1 atom stereocenters. The van der Waals surface area contributed by atoms with Gasteiger partial charge in [-0.2, -0.15) is 0 Å². The first-order chi connectivity index (χ1) is 9.35. The van der Waals surface area contributed by atoms with Gasteiger partial charge >= 0.3 is 5.97 Å². The molecule has 1 amide bonds. The first kappa shape index (κ1) is 15.7. The van der Waals surface area contributed by atoms with Crippen molar-refractivity contribution in [3.8, 4) is 12.3 Å². The van der Waals surface area contributed by atoms with Crippen molar-refractivity contribution in [2.75, 3.05) is 6.54 Å². The second-order valence-electron chi connectivity index (χ2n) is 4.75. The van der Waals surface area contributed by atoms with E-state index in [2.05, 4.69) is 5.92 Å². The molecule has 0 aliphatic heterocycles. The molecule has 20 heavy (non-hydrogen) atoms. The van der Waals surface area contributed by atoms with Gasteiger partial charge in [0.2, 0.25) is 0 Å². The topological polar surface area (TPSA) is 83.6 Å². The summed E-state index contributed by atoms with van der Waals surface area (Å²) in [5, 5.41) is 9.41. The van der Waals surface area contributed by atoms with Crippen LogP contribution >= 0.6 is 0 Å². The highest BCUT2D eigenvalue weighted by atomic mass is 16.4. The third-order valence-electron chi connectivity index (χ3n) is 3.18. The largest absolute Gasteiger partial charge is 0.478 e. The summed E-state index contributed by atoms with van der Waals surface area (Å²) >= 11 is 0. The summed E-state index contributed by atoms with van der Waals surface area (Å²) in [7, 11) is 0. The van der Waals surface area contributed by atoms with Crippen LogP contribution in [-0.4, -0.2) is 34.1 Å². The van der Waals surface area contributed by atoms with Crippen LogP contribution < -0.4 is 5.73 Å². The van der Waals surface area contributed by atoms with Crippen molar-refractivity contribution < 1.29 is 14.7 Å². The standard InChI is InChI=1S/C15H18N2O3/c1-4-10-17(15(16,11(2)3)14(19)20)13(18)12-8-6-5-7-9-12/h1,5-9,11H,10,16H2,2-3H3,(H,19,20)/t15-/m0/s1. The van der Waals surface area contributed by atoms with Crippen molar-refractivity contribution >= 4 is 11.9 Å². The minimum Gasteiger partial charge on any atom is -0.478 e. The first-order valence-corrected chi connectivity index (χ1v) is 6.18. The molecule has 0 spiro atoms. The molecule has 0 unspecified atom stereocenters. The van der Waals surface area contributed by atoms with E-state index in [1.807, 2.05) is 0 Å². The molecule has 5 heteroatoms. The summed E-state index contributed by atoms with van der Waals surface area (Å²) in [4.78, 5) is 25.0. The smallest absolute Gasteiger partial charge is 0.345 e. The Balaban J connectivity index is 3.27. The fraction of sp³-hybridized carbons (Fsp3) is 0.333. The van der Waals surface area contributed by atoms with Gasteiger partial charge in [0.25, 0.3) is 5.91 Å². The predicted molar refractivity (Wildman–Crippen MR) is 75.7 cm³/mol. The Morgan fingerprint density at radius 1 is 1.40 bits per heavy atom. The molecule has 0 aliphatic rings. The Labute approximate surface area is 118 Å². The maximum Gasteiger partial charge on any atom is 0.345 e. The number of carbonyl (C=O) groups is 2. The molecule has 0 saturated heterocycles. The van der Waals surface area contributed by atoms with Crippen LogP contribution in [0.1, 0.15) is 24.2 Å². The number of amides is 1. The van der Waals surface area contributed by atoms with Crippen LogP contribution in [-0.2, 0) is 4.79 Å². The zero-order valence-electron chi connectivity index (χ0n) is 11.5. The van der Waals surface area contributed by atoms with Gasteiger partial charge in [-0.25, -0.2) is 4.79 Å². The van der Waals surface area contributed by atoms with Crippen molar-refractivity contribution in [1.82, 2.24) is 4.90 Å². The van der Waals surface area contributed by atoms with Gasteiger partial charge in [-0.05, 0) is 12.1 Å². The van der Waals surface area contributed by atoms with Crippen molar-refractivity contribution in [2.45, 2.75) is 19.5 Å². The maximum absolute atomic E-state index is 12.5. The van der Waals surface area contributed by atoms with Crippen molar-refractivity contribution in [3.05, 3.63) is 35.9 Å². The number of rotatable bonds is 5. The molecule has 0 aromatic heterocycles. The highest BCUT2D eigenvalue weighted by Crippen LogP contribution is 2.22. The van der Waals surface area contributed by atoms with Crippen LogP contribution in [0.4, 0.5) is 0 Å². The summed E-state index contributed by atoms with van der Waals surface area (Å²) < 4.78 is 0. The second-order valence-corrected chi connectivity index (χ2v) is 4.75. The lowest BCUT2D eigenvalue weighted by molar-refractivity contribution is -0.152. The molecular weight excluding hydrogens is 256 g/mol. The van der Waals surface area contributed by atoms with E-state index in [1.165, 1.54) is 0 Å². The fourth-order valence-corrected chi connectivity index (χ4v) is 1.87. The number of aliphatic carboxylic acids is 1. The van der Waals surface area contributed by atoms with Crippen LogP contribution in [0.2, 0.25) is 0 Å². The van der Waals surface area contributed by atoms with Crippen molar-refractivity contribution in [3.63, 3.8) is 0 Å². The van der Waals surface area contributed by atoms with E-state index in [-0.39, 0.29) is 6.54 Å². The number of carbonyl (C=O) groups excluding carboxylic acids is 1. The van der Waals surface area contributed by atoms with Crippen molar-refractivity contribution in [2.24, 2.45) is 11.7 Å². The summed E-state index contributed by atoms with van der Waals surface area (Å²) in [5.41, 5.74) is 4.46. The molecule has 1 aromatic carbocycles. The van der Waals surface area contributed by atoms with Gasteiger partial charge in [0, 0.05) is 11.5 Å². The molecular formula is C15H18N2O3. The highest BCUT2D eigenvalue weighted by Gasteiger charge is 2.46. The average Bonchev–Trinajstić information content (AvgIpc) is 2.43. The summed E-state index contributed by atoms with van der Waals surface area (Å²) in [5.74, 6) is 0.0134. The highest BCUT2D eigenvalue weighted by molar-refractivity contribution is 5.98. The molecule has 0 saturated carbocycles. The van der Waals surface area contributed by atoms with E-state index >= 15 is 0 Å². The lowest BCUT2D eigenvalue weighted by Crippen LogP contribution is -2.66. The Morgan fingerprint density at radius 3 is 2.35 bits per heavy atom. The van der Waals surface area contributed by atoms with Gasteiger partial charge in [-0.15, -0.1) is 6.42 Å². The molecule has 3 N–H and O–H groups in total.